The molecule has 1 aromatic heterocycles. The second-order valence-electron chi connectivity index (χ2n) is 5.49. The summed E-state index contributed by atoms with van der Waals surface area (Å²) in [4.78, 5) is 29.4. The number of aromatic nitrogens is 2. The summed E-state index contributed by atoms with van der Waals surface area (Å²) in [6.45, 7) is 1.16. The summed E-state index contributed by atoms with van der Waals surface area (Å²) in [5.41, 5.74) is 6.93. The Bertz CT molecular complexity index is 656. The second-order valence-corrected chi connectivity index (χ2v) is 5.49. The maximum absolute atomic E-state index is 12.5. The number of carbonyl (C=O) groups excluding carboxylic acids is 2. The van der Waals surface area contributed by atoms with Crippen LogP contribution in [0.3, 0.4) is 0 Å². The molecule has 6 nitrogen and oxygen atoms in total. The van der Waals surface area contributed by atoms with Gasteiger partial charge in [-0.25, -0.2) is 4.98 Å². The molecule has 2 aromatic rings. The van der Waals surface area contributed by atoms with Gasteiger partial charge in [-0.15, -0.1) is 0 Å². The third kappa shape index (κ3) is 2.86. The van der Waals surface area contributed by atoms with Crippen LogP contribution in [0.2, 0.25) is 0 Å². The van der Waals surface area contributed by atoms with E-state index in [1.807, 2.05) is 35.0 Å². The van der Waals surface area contributed by atoms with Gasteiger partial charge in [-0.3, -0.25) is 9.59 Å². The quantitative estimate of drug-likeness (QED) is 0.924. The molecule has 114 valence electrons. The average Bonchev–Trinajstić information content (AvgIpc) is 3.09. The molecule has 22 heavy (non-hydrogen) atoms. The lowest BCUT2D eigenvalue weighted by atomic mass is 9.96. The highest BCUT2D eigenvalue weighted by molar-refractivity contribution is 5.94. The molecule has 1 aliphatic heterocycles. The van der Waals surface area contributed by atoms with E-state index in [9.17, 15) is 9.59 Å². The monoisotopic (exact) mass is 298 g/mol. The van der Waals surface area contributed by atoms with Gasteiger partial charge in [0.2, 0.25) is 5.91 Å². The normalized spacial score (nSPS) is 15.7. The van der Waals surface area contributed by atoms with E-state index in [4.69, 9.17) is 5.73 Å². The molecular formula is C16H18N4O2. The topological polar surface area (TPSA) is 81.2 Å². The van der Waals surface area contributed by atoms with E-state index in [-0.39, 0.29) is 17.7 Å². The van der Waals surface area contributed by atoms with Crippen LogP contribution in [0.4, 0.5) is 0 Å². The van der Waals surface area contributed by atoms with Gasteiger partial charge in [0.05, 0.1) is 6.33 Å². The molecule has 1 fully saturated rings. The Morgan fingerprint density at radius 3 is 2.36 bits per heavy atom. The molecule has 1 aromatic carbocycles. The molecule has 0 unspecified atom stereocenters. The number of likely N-dealkylation sites (tertiary alicyclic amines) is 1. The van der Waals surface area contributed by atoms with Crippen molar-refractivity contribution in [3.63, 3.8) is 0 Å². The molecule has 1 aliphatic rings. The molecule has 0 radical (unpaired) electrons. The Kier molecular flexibility index (Phi) is 3.91. The van der Waals surface area contributed by atoms with Crippen molar-refractivity contribution in [2.75, 3.05) is 13.1 Å². The highest BCUT2D eigenvalue weighted by Crippen LogP contribution is 2.19. The Morgan fingerprint density at radius 1 is 1.14 bits per heavy atom. The van der Waals surface area contributed by atoms with Gasteiger partial charge in [-0.2, -0.15) is 0 Å². The van der Waals surface area contributed by atoms with Gasteiger partial charge in [0.1, 0.15) is 0 Å². The number of nitrogens with zero attached hydrogens (tertiary/aromatic N) is 3. The lowest BCUT2D eigenvalue weighted by Gasteiger charge is -2.30. The Balaban J connectivity index is 1.67. The summed E-state index contributed by atoms with van der Waals surface area (Å²) in [7, 11) is 0. The molecular weight excluding hydrogens is 280 g/mol. The lowest BCUT2D eigenvalue weighted by molar-refractivity contribution is -0.123. The smallest absolute Gasteiger partial charge is 0.253 e. The Hall–Kier alpha value is -2.63. The number of rotatable bonds is 3. The first kappa shape index (κ1) is 14.3. The van der Waals surface area contributed by atoms with Crippen LogP contribution < -0.4 is 5.73 Å². The number of amides is 2. The molecule has 0 bridgehead atoms. The fourth-order valence-corrected chi connectivity index (χ4v) is 2.74. The summed E-state index contributed by atoms with van der Waals surface area (Å²) >= 11 is 0. The summed E-state index contributed by atoms with van der Waals surface area (Å²) < 4.78 is 1.88. The maximum atomic E-state index is 12.5. The first-order valence-electron chi connectivity index (χ1n) is 7.32. The van der Waals surface area contributed by atoms with Gasteiger partial charge in [0.25, 0.3) is 5.91 Å². The number of imidazole rings is 1. The summed E-state index contributed by atoms with van der Waals surface area (Å²) in [6, 6.07) is 7.42. The highest BCUT2D eigenvalue weighted by Gasteiger charge is 2.26. The summed E-state index contributed by atoms with van der Waals surface area (Å²) in [5, 5.41) is 0. The van der Waals surface area contributed by atoms with E-state index in [1.54, 1.807) is 17.4 Å². The van der Waals surface area contributed by atoms with Crippen LogP contribution in [0, 0.1) is 5.92 Å². The van der Waals surface area contributed by atoms with E-state index in [2.05, 4.69) is 4.98 Å². The van der Waals surface area contributed by atoms with Crippen molar-refractivity contribution < 1.29 is 9.59 Å². The van der Waals surface area contributed by atoms with E-state index < -0.39 is 0 Å². The van der Waals surface area contributed by atoms with Crippen LogP contribution in [0.1, 0.15) is 23.2 Å². The zero-order chi connectivity index (χ0) is 15.5. The third-order valence-electron chi connectivity index (χ3n) is 4.10. The van der Waals surface area contributed by atoms with Gasteiger partial charge in [-0.05, 0) is 37.1 Å². The minimum atomic E-state index is -0.267. The van der Waals surface area contributed by atoms with Gasteiger partial charge in [-0.1, -0.05) is 0 Å². The Morgan fingerprint density at radius 2 is 1.82 bits per heavy atom. The van der Waals surface area contributed by atoms with E-state index in [0.29, 0.717) is 31.5 Å². The van der Waals surface area contributed by atoms with Crippen LogP contribution in [0.25, 0.3) is 5.69 Å². The molecule has 6 heteroatoms. The summed E-state index contributed by atoms with van der Waals surface area (Å²) in [6.07, 6.45) is 6.57. The number of nitrogens with two attached hydrogens (primary N) is 1. The minimum Gasteiger partial charge on any atom is -0.369 e. The van der Waals surface area contributed by atoms with Crippen LogP contribution in [-0.2, 0) is 4.79 Å². The van der Waals surface area contributed by atoms with Crippen molar-refractivity contribution in [2.24, 2.45) is 11.7 Å². The number of piperidine rings is 1. The maximum Gasteiger partial charge on any atom is 0.253 e. The third-order valence-corrected chi connectivity index (χ3v) is 4.10. The average molecular weight is 298 g/mol. The fourth-order valence-electron chi connectivity index (χ4n) is 2.74. The number of hydrogen-bond donors (Lipinski definition) is 1. The molecule has 1 saturated heterocycles. The van der Waals surface area contributed by atoms with E-state index >= 15 is 0 Å². The Labute approximate surface area is 128 Å². The SMILES string of the molecule is NC(=O)C1CCN(C(=O)c2ccc(-n3ccnc3)cc2)CC1. The van der Waals surface area contributed by atoms with Gasteiger partial charge >= 0.3 is 0 Å². The van der Waals surface area contributed by atoms with Crippen LogP contribution in [0.5, 0.6) is 0 Å². The largest absolute Gasteiger partial charge is 0.369 e. The van der Waals surface area contributed by atoms with Gasteiger partial charge in [0.15, 0.2) is 0 Å². The van der Waals surface area contributed by atoms with Crippen LogP contribution >= 0.6 is 0 Å². The van der Waals surface area contributed by atoms with Crippen LogP contribution in [-0.4, -0.2) is 39.4 Å². The molecule has 2 heterocycles. The molecule has 2 N–H and O–H groups in total. The zero-order valence-electron chi connectivity index (χ0n) is 12.2. The van der Waals surface area contributed by atoms with Crippen molar-refractivity contribution in [2.45, 2.75) is 12.8 Å². The lowest BCUT2D eigenvalue weighted by Crippen LogP contribution is -2.41. The van der Waals surface area contributed by atoms with Crippen molar-refractivity contribution in [3.8, 4) is 5.69 Å². The predicted octanol–water partition coefficient (Wildman–Crippen LogP) is 1.21. The van der Waals surface area contributed by atoms with Crippen molar-refractivity contribution >= 4 is 11.8 Å². The second kappa shape index (κ2) is 6.01. The number of hydrogen-bond acceptors (Lipinski definition) is 3. The number of primary amides is 1. The fraction of sp³-hybridized carbons (Fsp3) is 0.312. The molecule has 0 spiro atoms. The van der Waals surface area contributed by atoms with Crippen molar-refractivity contribution in [1.82, 2.24) is 14.5 Å². The van der Waals surface area contributed by atoms with E-state index in [1.165, 1.54) is 0 Å². The predicted molar refractivity (Wildman–Crippen MR) is 81.4 cm³/mol. The van der Waals surface area contributed by atoms with Crippen molar-refractivity contribution in [3.05, 3.63) is 48.5 Å². The molecule has 0 aliphatic carbocycles. The molecule has 0 atom stereocenters. The molecule has 0 saturated carbocycles. The van der Waals surface area contributed by atoms with Gasteiger partial charge in [0, 0.05) is 42.7 Å². The highest BCUT2D eigenvalue weighted by atomic mass is 16.2. The first-order valence-corrected chi connectivity index (χ1v) is 7.32. The summed E-state index contributed by atoms with van der Waals surface area (Å²) in [5.74, 6) is -0.371. The standard InChI is InChI=1S/C16H18N4O2/c17-15(21)12-5-8-19(9-6-12)16(22)13-1-3-14(4-2-13)20-10-7-18-11-20/h1-4,7,10-12H,5-6,8-9H2,(H2,17,21). The minimum absolute atomic E-state index is 0.0000940. The van der Waals surface area contributed by atoms with Crippen molar-refractivity contribution in [1.29, 1.82) is 0 Å². The molecule has 3 rings (SSSR count). The van der Waals surface area contributed by atoms with Gasteiger partial charge < -0.3 is 15.2 Å². The number of benzene rings is 1. The van der Waals surface area contributed by atoms with Crippen LogP contribution in [0.15, 0.2) is 43.0 Å². The number of carbonyl (C=O) groups is 2. The zero-order valence-corrected chi connectivity index (χ0v) is 12.2. The first-order chi connectivity index (χ1) is 10.6. The van der Waals surface area contributed by atoms with E-state index in [0.717, 1.165) is 5.69 Å². The molecule has 2 amide bonds.